The molecule has 0 atom stereocenters. The molecule has 0 fully saturated rings. The van der Waals surface area contributed by atoms with E-state index in [0.717, 1.165) is 18.1 Å². The van der Waals surface area contributed by atoms with Crippen LogP contribution in [-0.4, -0.2) is 30.9 Å². The zero-order valence-corrected chi connectivity index (χ0v) is 16.9. The van der Waals surface area contributed by atoms with Crippen molar-refractivity contribution in [2.45, 2.75) is 46.5 Å². The fourth-order valence-corrected chi connectivity index (χ4v) is 2.44. The number of alkyl halides is 2. The molecule has 0 bridgehead atoms. The standard InChI is InChI=1S/C20H22F2N6O2/c1-4-28-25-18(24-27-28)13-29-19-10-7-16(11-23-19)14(2)26-30-12-15-5-8-17(9-6-15)20(3,21)22/h5-11H,4,12-13H2,1-3H3. The van der Waals surface area contributed by atoms with E-state index in [1.165, 1.54) is 16.9 Å². The lowest BCUT2D eigenvalue weighted by Crippen LogP contribution is -2.06. The number of tetrazole rings is 1. The van der Waals surface area contributed by atoms with Crippen LogP contribution in [0.15, 0.2) is 47.8 Å². The molecule has 10 heteroatoms. The van der Waals surface area contributed by atoms with E-state index in [2.05, 4.69) is 25.6 Å². The Morgan fingerprint density at radius 3 is 2.50 bits per heavy atom. The van der Waals surface area contributed by atoms with Crippen molar-refractivity contribution >= 4 is 5.71 Å². The fraction of sp³-hybridized carbons (Fsp3) is 0.350. The van der Waals surface area contributed by atoms with Crippen molar-refractivity contribution in [3.63, 3.8) is 0 Å². The smallest absolute Gasteiger partial charge is 0.270 e. The Bertz CT molecular complexity index is 982. The zero-order chi connectivity index (χ0) is 21.6. The highest BCUT2D eigenvalue weighted by molar-refractivity contribution is 5.98. The van der Waals surface area contributed by atoms with Gasteiger partial charge in [0.1, 0.15) is 6.61 Å². The number of nitrogens with zero attached hydrogens (tertiary/aromatic N) is 6. The Labute approximate surface area is 172 Å². The van der Waals surface area contributed by atoms with Crippen molar-refractivity contribution in [3.05, 3.63) is 65.1 Å². The molecule has 30 heavy (non-hydrogen) atoms. The highest BCUT2D eigenvalue weighted by atomic mass is 19.3. The van der Waals surface area contributed by atoms with Crippen LogP contribution in [0.4, 0.5) is 8.78 Å². The molecular formula is C20H22F2N6O2. The first-order valence-corrected chi connectivity index (χ1v) is 9.35. The minimum Gasteiger partial charge on any atom is -0.469 e. The van der Waals surface area contributed by atoms with Crippen molar-refractivity contribution in [3.8, 4) is 5.88 Å². The van der Waals surface area contributed by atoms with Gasteiger partial charge in [-0.3, -0.25) is 0 Å². The Kier molecular flexibility index (Phi) is 6.65. The van der Waals surface area contributed by atoms with Gasteiger partial charge in [-0.2, -0.15) is 4.80 Å². The van der Waals surface area contributed by atoms with Gasteiger partial charge in [0, 0.05) is 30.3 Å². The van der Waals surface area contributed by atoms with Gasteiger partial charge in [0.05, 0.1) is 12.3 Å². The Hall–Kier alpha value is -3.43. The summed E-state index contributed by atoms with van der Waals surface area (Å²) in [6, 6.07) is 9.48. The first-order chi connectivity index (χ1) is 14.3. The number of pyridine rings is 1. The molecule has 0 unspecified atom stereocenters. The van der Waals surface area contributed by atoms with Gasteiger partial charge >= 0.3 is 0 Å². The maximum atomic E-state index is 13.2. The molecule has 1 aromatic carbocycles. The number of hydrogen-bond donors (Lipinski definition) is 0. The normalized spacial score (nSPS) is 12.1. The highest BCUT2D eigenvalue weighted by Gasteiger charge is 2.23. The van der Waals surface area contributed by atoms with Crippen LogP contribution in [0, 0.1) is 0 Å². The summed E-state index contributed by atoms with van der Waals surface area (Å²) in [7, 11) is 0. The van der Waals surface area contributed by atoms with Gasteiger partial charge in [0.2, 0.25) is 11.7 Å². The number of benzene rings is 1. The second-order valence-corrected chi connectivity index (χ2v) is 6.60. The van der Waals surface area contributed by atoms with Crippen LogP contribution in [0.3, 0.4) is 0 Å². The molecule has 0 N–H and O–H groups in total. The van der Waals surface area contributed by atoms with Gasteiger partial charge in [-0.15, -0.1) is 10.2 Å². The summed E-state index contributed by atoms with van der Waals surface area (Å²) < 4.78 is 32.0. The van der Waals surface area contributed by atoms with Crippen molar-refractivity contribution < 1.29 is 18.4 Å². The Morgan fingerprint density at radius 2 is 1.90 bits per heavy atom. The predicted molar refractivity (Wildman–Crippen MR) is 105 cm³/mol. The summed E-state index contributed by atoms with van der Waals surface area (Å²) in [5.41, 5.74) is 2.09. The van der Waals surface area contributed by atoms with Crippen LogP contribution in [0.2, 0.25) is 0 Å². The highest BCUT2D eigenvalue weighted by Crippen LogP contribution is 2.26. The quantitative estimate of drug-likeness (QED) is 0.390. The van der Waals surface area contributed by atoms with Crippen molar-refractivity contribution in [1.29, 1.82) is 0 Å². The molecule has 0 aliphatic heterocycles. The van der Waals surface area contributed by atoms with E-state index in [-0.39, 0.29) is 18.8 Å². The van der Waals surface area contributed by atoms with Crippen molar-refractivity contribution in [2.24, 2.45) is 5.16 Å². The summed E-state index contributed by atoms with van der Waals surface area (Å²) >= 11 is 0. The number of hydrogen-bond acceptors (Lipinski definition) is 7. The minimum atomic E-state index is -2.86. The second-order valence-electron chi connectivity index (χ2n) is 6.60. The largest absolute Gasteiger partial charge is 0.469 e. The molecule has 0 radical (unpaired) electrons. The van der Waals surface area contributed by atoms with Crippen LogP contribution in [0.1, 0.15) is 43.3 Å². The molecule has 0 saturated heterocycles. The van der Waals surface area contributed by atoms with E-state index >= 15 is 0 Å². The van der Waals surface area contributed by atoms with E-state index < -0.39 is 5.92 Å². The molecule has 0 amide bonds. The topological polar surface area (TPSA) is 87.3 Å². The van der Waals surface area contributed by atoms with Gasteiger partial charge in [0.15, 0.2) is 6.61 Å². The molecule has 2 aromatic heterocycles. The molecule has 0 spiro atoms. The number of oxime groups is 1. The molecule has 0 aliphatic carbocycles. The Balaban J connectivity index is 1.50. The summed E-state index contributed by atoms with van der Waals surface area (Å²) in [6.07, 6.45) is 1.62. The lowest BCUT2D eigenvalue weighted by Gasteiger charge is -2.10. The molecule has 158 valence electrons. The third-order valence-corrected chi connectivity index (χ3v) is 4.17. The fourth-order valence-electron chi connectivity index (χ4n) is 2.44. The average Bonchev–Trinajstić information content (AvgIpc) is 3.20. The number of halogens is 2. The van der Waals surface area contributed by atoms with Gasteiger partial charge < -0.3 is 9.57 Å². The van der Waals surface area contributed by atoms with E-state index in [1.54, 1.807) is 37.4 Å². The van der Waals surface area contributed by atoms with E-state index in [0.29, 0.717) is 24.0 Å². The van der Waals surface area contributed by atoms with Gasteiger partial charge in [-0.05, 0) is 30.7 Å². The van der Waals surface area contributed by atoms with E-state index in [4.69, 9.17) is 9.57 Å². The molecule has 3 aromatic rings. The van der Waals surface area contributed by atoms with Crippen molar-refractivity contribution in [1.82, 2.24) is 25.2 Å². The van der Waals surface area contributed by atoms with E-state index in [9.17, 15) is 8.78 Å². The minimum absolute atomic E-state index is 0.0370. The van der Waals surface area contributed by atoms with Gasteiger partial charge in [0.25, 0.3) is 5.92 Å². The third-order valence-electron chi connectivity index (χ3n) is 4.17. The van der Waals surface area contributed by atoms with Crippen LogP contribution in [0.5, 0.6) is 5.88 Å². The molecule has 0 aliphatic rings. The number of rotatable bonds is 9. The second kappa shape index (κ2) is 9.38. The van der Waals surface area contributed by atoms with Gasteiger partial charge in [-0.25, -0.2) is 13.8 Å². The van der Waals surface area contributed by atoms with Crippen LogP contribution < -0.4 is 4.74 Å². The average molecular weight is 416 g/mol. The zero-order valence-electron chi connectivity index (χ0n) is 16.9. The van der Waals surface area contributed by atoms with Crippen molar-refractivity contribution in [2.75, 3.05) is 0 Å². The lowest BCUT2D eigenvalue weighted by atomic mass is 10.1. The summed E-state index contributed by atoms with van der Waals surface area (Å²) in [5, 5.41) is 15.9. The summed E-state index contributed by atoms with van der Waals surface area (Å²) in [5.74, 6) is -1.96. The molecule has 8 nitrogen and oxygen atoms in total. The number of ether oxygens (including phenoxy) is 1. The number of aromatic nitrogens is 5. The van der Waals surface area contributed by atoms with Crippen LogP contribution >= 0.6 is 0 Å². The van der Waals surface area contributed by atoms with Gasteiger partial charge in [-0.1, -0.05) is 29.4 Å². The first kappa shape index (κ1) is 21.3. The number of aryl methyl sites for hydroxylation is 1. The van der Waals surface area contributed by atoms with E-state index in [1.807, 2.05) is 6.92 Å². The summed E-state index contributed by atoms with van der Waals surface area (Å²) in [6.45, 7) is 5.55. The molecule has 3 rings (SSSR count). The Morgan fingerprint density at radius 1 is 1.13 bits per heavy atom. The maximum absolute atomic E-state index is 13.2. The molecular weight excluding hydrogens is 394 g/mol. The maximum Gasteiger partial charge on any atom is 0.270 e. The van der Waals surface area contributed by atoms with Crippen LogP contribution in [-0.2, 0) is 30.5 Å². The molecule has 2 heterocycles. The SMILES string of the molecule is CCn1nnc(COc2ccc(C(C)=NOCc3ccc(C(C)(F)F)cc3)cn2)n1. The molecule has 0 saturated carbocycles. The summed E-state index contributed by atoms with van der Waals surface area (Å²) in [4.78, 5) is 11.0. The lowest BCUT2D eigenvalue weighted by molar-refractivity contribution is 0.0174. The van der Waals surface area contributed by atoms with Crippen LogP contribution in [0.25, 0.3) is 0 Å². The monoisotopic (exact) mass is 416 g/mol. The first-order valence-electron chi connectivity index (χ1n) is 9.35. The predicted octanol–water partition coefficient (Wildman–Crippen LogP) is 3.72. The third kappa shape index (κ3) is 5.79.